The van der Waals surface area contributed by atoms with E-state index < -0.39 is 0 Å². The second-order valence-electron chi connectivity index (χ2n) is 3.62. The molecule has 0 bridgehead atoms. The molecule has 0 saturated carbocycles. The van der Waals surface area contributed by atoms with Gasteiger partial charge in [-0.25, -0.2) is 9.97 Å². The quantitative estimate of drug-likeness (QED) is 0.750. The molecule has 4 nitrogen and oxygen atoms in total. The van der Waals surface area contributed by atoms with Crippen LogP contribution in [0, 0.1) is 13.8 Å². The largest absolute Gasteiger partial charge is 0.383 e. The Bertz CT molecular complexity index is 313. The Morgan fingerprint density at radius 3 is 2.38 bits per heavy atom. The molecule has 0 fully saturated rings. The molecule has 0 atom stereocenters. The standard InChI is InChI=1S/C11H18BrN3O/c1-9-8-10(2)14-11(13-9)15(5-4-12)6-7-16-3/h8H,4-7H2,1-3H3. The third-order valence-corrected chi connectivity index (χ3v) is 2.53. The van der Waals surface area contributed by atoms with Crippen LogP contribution in [0.25, 0.3) is 0 Å². The van der Waals surface area contributed by atoms with Crippen LogP contribution in [0.2, 0.25) is 0 Å². The molecule has 5 heteroatoms. The van der Waals surface area contributed by atoms with E-state index >= 15 is 0 Å². The van der Waals surface area contributed by atoms with Crippen LogP contribution in [-0.4, -0.2) is 42.1 Å². The van der Waals surface area contributed by atoms with E-state index in [0.29, 0.717) is 6.61 Å². The van der Waals surface area contributed by atoms with Gasteiger partial charge in [0.05, 0.1) is 6.61 Å². The van der Waals surface area contributed by atoms with Gasteiger partial charge in [-0.05, 0) is 19.9 Å². The van der Waals surface area contributed by atoms with E-state index in [9.17, 15) is 0 Å². The van der Waals surface area contributed by atoms with Crippen molar-refractivity contribution in [3.05, 3.63) is 17.5 Å². The summed E-state index contributed by atoms with van der Waals surface area (Å²) in [7, 11) is 1.70. The van der Waals surface area contributed by atoms with Gasteiger partial charge in [0.15, 0.2) is 0 Å². The van der Waals surface area contributed by atoms with Gasteiger partial charge in [0, 0.05) is 36.9 Å². The van der Waals surface area contributed by atoms with E-state index in [1.165, 1.54) is 0 Å². The lowest BCUT2D eigenvalue weighted by atomic mass is 10.3. The Hall–Kier alpha value is -0.680. The fraction of sp³-hybridized carbons (Fsp3) is 0.636. The number of nitrogens with zero attached hydrogens (tertiary/aromatic N) is 3. The molecule has 0 unspecified atom stereocenters. The first-order valence-electron chi connectivity index (χ1n) is 5.29. The summed E-state index contributed by atoms with van der Waals surface area (Å²) in [5.41, 5.74) is 2.00. The highest BCUT2D eigenvalue weighted by molar-refractivity contribution is 9.09. The van der Waals surface area contributed by atoms with Crippen molar-refractivity contribution in [2.75, 3.05) is 37.0 Å². The molecule has 0 aliphatic heterocycles. The zero-order chi connectivity index (χ0) is 12.0. The predicted molar refractivity (Wildman–Crippen MR) is 69.4 cm³/mol. The zero-order valence-electron chi connectivity index (χ0n) is 10.0. The highest BCUT2D eigenvalue weighted by Crippen LogP contribution is 2.10. The fourth-order valence-corrected chi connectivity index (χ4v) is 1.89. The van der Waals surface area contributed by atoms with Crippen molar-refractivity contribution < 1.29 is 4.74 Å². The van der Waals surface area contributed by atoms with E-state index in [1.54, 1.807) is 7.11 Å². The molecule has 90 valence electrons. The minimum atomic E-state index is 0.684. The number of hydrogen-bond acceptors (Lipinski definition) is 4. The van der Waals surface area contributed by atoms with E-state index in [4.69, 9.17) is 4.74 Å². The van der Waals surface area contributed by atoms with Crippen LogP contribution in [0.15, 0.2) is 6.07 Å². The Morgan fingerprint density at radius 2 is 1.88 bits per heavy atom. The van der Waals surface area contributed by atoms with Crippen molar-refractivity contribution in [1.82, 2.24) is 9.97 Å². The van der Waals surface area contributed by atoms with Gasteiger partial charge in [-0.2, -0.15) is 0 Å². The molecule has 1 aromatic rings. The summed E-state index contributed by atoms with van der Waals surface area (Å²) in [5, 5.41) is 0.896. The third kappa shape index (κ3) is 4.06. The molecular formula is C11H18BrN3O. The average molecular weight is 288 g/mol. The average Bonchev–Trinajstić information content (AvgIpc) is 2.22. The van der Waals surface area contributed by atoms with Gasteiger partial charge in [0.25, 0.3) is 0 Å². The van der Waals surface area contributed by atoms with Gasteiger partial charge in [0.1, 0.15) is 0 Å². The lowest BCUT2D eigenvalue weighted by Gasteiger charge is -2.21. The Labute approximate surface area is 105 Å². The number of alkyl halides is 1. The summed E-state index contributed by atoms with van der Waals surface area (Å²) in [6, 6.07) is 1.98. The molecule has 0 spiro atoms. The second kappa shape index (κ2) is 6.81. The maximum absolute atomic E-state index is 5.09. The Morgan fingerprint density at radius 1 is 1.25 bits per heavy atom. The van der Waals surface area contributed by atoms with Gasteiger partial charge in [-0.15, -0.1) is 0 Å². The SMILES string of the molecule is COCCN(CCBr)c1nc(C)cc(C)n1. The maximum Gasteiger partial charge on any atom is 0.225 e. The smallest absolute Gasteiger partial charge is 0.225 e. The predicted octanol–water partition coefficient (Wildman–Crippen LogP) is 1.94. The summed E-state index contributed by atoms with van der Waals surface area (Å²) in [4.78, 5) is 11.0. The van der Waals surface area contributed by atoms with Gasteiger partial charge >= 0.3 is 0 Å². The molecule has 0 aliphatic carbocycles. The van der Waals surface area contributed by atoms with Crippen molar-refractivity contribution in [3.8, 4) is 0 Å². The first-order valence-corrected chi connectivity index (χ1v) is 6.41. The Balaban J connectivity index is 2.82. The summed E-state index contributed by atoms with van der Waals surface area (Å²) >= 11 is 3.44. The minimum Gasteiger partial charge on any atom is -0.383 e. The molecule has 0 saturated heterocycles. The maximum atomic E-state index is 5.09. The van der Waals surface area contributed by atoms with Crippen LogP contribution in [0.4, 0.5) is 5.95 Å². The monoisotopic (exact) mass is 287 g/mol. The molecule has 16 heavy (non-hydrogen) atoms. The summed E-state index contributed by atoms with van der Waals surface area (Å²) in [6.45, 7) is 6.35. The van der Waals surface area contributed by atoms with E-state index in [1.807, 2.05) is 19.9 Å². The molecule has 0 amide bonds. The number of halogens is 1. The van der Waals surface area contributed by atoms with Gasteiger partial charge in [0.2, 0.25) is 5.95 Å². The lowest BCUT2D eigenvalue weighted by molar-refractivity contribution is 0.205. The first-order chi connectivity index (χ1) is 7.67. The van der Waals surface area contributed by atoms with Crippen LogP contribution in [0.5, 0.6) is 0 Å². The number of aromatic nitrogens is 2. The van der Waals surface area contributed by atoms with Crippen molar-refractivity contribution in [3.63, 3.8) is 0 Å². The van der Waals surface area contributed by atoms with Crippen molar-refractivity contribution in [2.45, 2.75) is 13.8 Å². The number of rotatable bonds is 6. The van der Waals surface area contributed by atoms with Crippen molar-refractivity contribution in [1.29, 1.82) is 0 Å². The molecule has 0 radical (unpaired) electrons. The van der Waals surface area contributed by atoms with Gasteiger partial charge in [-0.3, -0.25) is 0 Å². The van der Waals surface area contributed by atoms with Gasteiger partial charge in [-0.1, -0.05) is 15.9 Å². The molecule has 0 aromatic carbocycles. The minimum absolute atomic E-state index is 0.684. The van der Waals surface area contributed by atoms with Crippen molar-refractivity contribution in [2.24, 2.45) is 0 Å². The highest BCUT2D eigenvalue weighted by atomic mass is 79.9. The van der Waals surface area contributed by atoms with Crippen molar-refractivity contribution >= 4 is 21.9 Å². The summed E-state index contributed by atoms with van der Waals surface area (Å²) in [6.07, 6.45) is 0. The van der Waals surface area contributed by atoms with Crippen LogP contribution >= 0.6 is 15.9 Å². The number of ether oxygens (including phenoxy) is 1. The topological polar surface area (TPSA) is 38.2 Å². The lowest BCUT2D eigenvalue weighted by Crippen LogP contribution is -2.31. The number of aryl methyl sites for hydroxylation is 2. The fourth-order valence-electron chi connectivity index (χ4n) is 1.46. The molecule has 1 heterocycles. The molecular weight excluding hydrogens is 270 g/mol. The van der Waals surface area contributed by atoms with Crippen LogP contribution in [-0.2, 0) is 4.74 Å². The van der Waals surface area contributed by atoms with Gasteiger partial charge < -0.3 is 9.64 Å². The van der Waals surface area contributed by atoms with Crippen LogP contribution < -0.4 is 4.90 Å². The molecule has 0 N–H and O–H groups in total. The van der Waals surface area contributed by atoms with E-state index in [0.717, 1.165) is 35.8 Å². The van der Waals surface area contributed by atoms with Crippen LogP contribution in [0.1, 0.15) is 11.4 Å². The van der Waals surface area contributed by atoms with E-state index in [2.05, 4.69) is 30.8 Å². The molecule has 1 rings (SSSR count). The number of methoxy groups -OCH3 is 1. The van der Waals surface area contributed by atoms with E-state index in [-0.39, 0.29) is 0 Å². The Kier molecular flexibility index (Phi) is 5.69. The summed E-state index contributed by atoms with van der Waals surface area (Å²) < 4.78 is 5.09. The highest BCUT2D eigenvalue weighted by Gasteiger charge is 2.09. The molecule has 1 aromatic heterocycles. The van der Waals surface area contributed by atoms with Crippen LogP contribution in [0.3, 0.4) is 0 Å². The normalized spacial score (nSPS) is 10.5. The zero-order valence-corrected chi connectivity index (χ0v) is 11.6. The molecule has 0 aliphatic rings. The third-order valence-electron chi connectivity index (χ3n) is 2.17. The first kappa shape index (κ1) is 13.4. The number of anilines is 1. The summed E-state index contributed by atoms with van der Waals surface area (Å²) in [5.74, 6) is 0.786. The second-order valence-corrected chi connectivity index (χ2v) is 4.41. The number of hydrogen-bond donors (Lipinski definition) is 0.